The second-order valence-electron chi connectivity index (χ2n) is 3.57. The first kappa shape index (κ1) is 11.6. The molecule has 1 unspecified atom stereocenters. The van der Waals surface area contributed by atoms with E-state index in [2.05, 4.69) is 20.6 Å². The molecule has 0 spiro atoms. The van der Waals surface area contributed by atoms with Crippen molar-refractivity contribution in [1.29, 1.82) is 0 Å². The first-order chi connectivity index (χ1) is 8.06. The maximum atomic E-state index is 11.5. The van der Waals surface area contributed by atoms with Gasteiger partial charge < -0.3 is 11.1 Å². The van der Waals surface area contributed by atoms with E-state index in [9.17, 15) is 9.59 Å². The molecule has 1 aromatic heterocycles. The third kappa shape index (κ3) is 2.62. The van der Waals surface area contributed by atoms with E-state index in [1.54, 1.807) is 0 Å². The van der Waals surface area contributed by atoms with Crippen LogP contribution >= 0.6 is 11.6 Å². The zero-order valence-corrected chi connectivity index (χ0v) is 9.49. The van der Waals surface area contributed by atoms with Crippen LogP contribution in [0.5, 0.6) is 0 Å². The molecule has 0 bridgehead atoms. The van der Waals surface area contributed by atoms with Gasteiger partial charge in [-0.15, -0.1) is 0 Å². The largest absolute Gasteiger partial charge is 0.368 e. The number of aromatic nitrogens is 2. The number of rotatable bonds is 2. The van der Waals surface area contributed by atoms with Crippen LogP contribution in [0.3, 0.4) is 0 Å². The second kappa shape index (κ2) is 4.54. The highest BCUT2D eigenvalue weighted by molar-refractivity contribution is 6.32. The van der Waals surface area contributed by atoms with E-state index in [0.717, 1.165) is 0 Å². The van der Waals surface area contributed by atoms with E-state index in [1.807, 2.05) is 0 Å². The Labute approximate surface area is 102 Å². The molecule has 1 aliphatic rings. The molecule has 2 rings (SSSR count). The molecule has 17 heavy (non-hydrogen) atoms. The van der Waals surface area contributed by atoms with E-state index < -0.39 is 11.9 Å². The lowest BCUT2D eigenvalue weighted by Gasteiger charge is -2.22. The fraction of sp³-hybridized carbons (Fsp3) is 0.333. The van der Waals surface area contributed by atoms with Crippen molar-refractivity contribution in [2.45, 2.75) is 18.9 Å². The molecule has 1 saturated heterocycles. The minimum Gasteiger partial charge on any atom is -0.368 e. The van der Waals surface area contributed by atoms with E-state index in [4.69, 9.17) is 17.3 Å². The number of nitrogens with one attached hydrogen (secondary N) is 2. The van der Waals surface area contributed by atoms with Crippen molar-refractivity contribution in [3.05, 3.63) is 11.2 Å². The Balaban J connectivity index is 2.13. The van der Waals surface area contributed by atoms with E-state index >= 15 is 0 Å². The number of hydrogen-bond acceptors (Lipinski definition) is 6. The average Bonchev–Trinajstić information content (AvgIpc) is 2.27. The maximum absolute atomic E-state index is 11.5. The van der Waals surface area contributed by atoms with Gasteiger partial charge in [0.25, 0.3) is 0 Å². The lowest BCUT2D eigenvalue weighted by Crippen LogP contribution is -2.47. The van der Waals surface area contributed by atoms with Crippen LogP contribution in [0.15, 0.2) is 6.20 Å². The Morgan fingerprint density at radius 1 is 1.53 bits per heavy atom. The number of imide groups is 1. The van der Waals surface area contributed by atoms with E-state index in [0.29, 0.717) is 6.42 Å². The second-order valence-corrected chi connectivity index (χ2v) is 3.98. The Morgan fingerprint density at radius 2 is 2.29 bits per heavy atom. The molecule has 4 N–H and O–H groups in total. The van der Waals surface area contributed by atoms with Crippen molar-refractivity contribution in [2.24, 2.45) is 0 Å². The monoisotopic (exact) mass is 255 g/mol. The molecular weight excluding hydrogens is 246 g/mol. The van der Waals surface area contributed by atoms with Gasteiger partial charge in [0.2, 0.25) is 17.8 Å². The van der Waals surface area contributed by atoms with Crippen LogP contribution in [0.4, 0.5) is 11.8 Å². The highest BCUT2D eigenvalue weighted by Gasteiger charge is 2.27. The molecule has 0 saturated carbocycles. The van der Waals surface area contributed by atoms with Crippen LogP contribution in [-0.2, 0) is 9.59 Å². The third-order valence-corrected chi connectivity index (χ3v) is 2.59. The van der Waals surface area contributed by atoms with Gasteiger partial charge in [-0.25, -0.2) is 4.98 Å². The summed E-state index contributed by atoms with van der Waals surface area (Å²) in [6.45, 7) is 0. The zero-order valence-electron chi connectivity index (χ0n) is 8.74. The van der Waals surface area contributed by atoms with Crippen LogP contribution < -0.4 is 16.4 Å². The number of nitrogens with zero attached hydrogens (tertiary/aromatic N) is 2. The minimum atomic E-state index is -0.542. The molecule has 1 atom stereocenters. The van der Waals surface area contributed by atoms with E-state index in [1.165, 1.54) is 6.20 Å². The Kier molecular flexibility index (Phi) is 3.10. The van der Waals surface area contributed by atoms with Crippen LogP contribution in [0, 0.1) is 0 Å². The molecule has 0 aromatic carbocycles. The number of nitrogens with two attached hydrogens (primary N) is 1. The summed E-state index contributed by atoms with van der Waals surface area (Å²) in [5.74, 6) is -0.325. The van der Waals surface area contributed by atoms with Gasteiger partial charge in [0, 0.05) is 6.42 Å². The molecule has 2 amide bonds. The highest BCUT2D eigenvalue weighted by atomic mass is 35.5. The van der Waals surface area contributed by atoms with Gasteiger partial charge >= 0.3 is 0 Å². The summed E-state index contributed by atoms with van der Waals surface area (Å²) in [6, 6.07) is -0.542. The van der Waals surface area contributed by atoms with Gasteiger partial charge in [0.15, 0.2) is 5.82 Å². The number of halogens is 1. The summed E-state index contributed by atoms with van der Waals surface area (Å²) in [5, 5.41) is 5.33. The molecule has 7 nitrogen and oxygen atoms in total. The van der Waals surface area contributed by atoms with Crippen LogP contribution in [0.25, 0.3) is 0 Å². The fourth-order valence-electron chi connectivity index (χ4n) is 1.48. The summed E-state index contributed by atoms with van der Waals surface area (Å²) >= 11 is 5.85. The third-order valence-electron chi connectivity index (χ3n) is 2.31. The van der Waals surface area contributed by atoms with Crippen molar-refractivity contribution in [3.8, 4) is 0 Å². The quantitative estimate of drug-likeness (QED) is 0.638. The van der Waals surface area contributed by atoms with Crippen molar-refractivity contribution in [2.75, 3.05) is 11.1 Å². The highest BCUT2D eigenvalue weighted by Crippen LogP contribution is 2.20. The normalized spacial score (nSPS) is 19.9. The summed E-state index contributed by atoms with van der Waals surface area (Å²) in [5.41, 5.74) is 5.41. The molecule has 90 valence electrons. The molecule has 2 heterocycles. The van der Waals surface area contributed by atoms with Gasteiger partial charge in [0.05, 0.1) is 6.20 Å². The molecule has 8 heteroatoms. The Morgan fingerprint density at radius 3 is 3.00 bits per heavy atom. The first-order valence-electron chi connectivity index (χ1n) is 4.94. The molecular formula is C9H10ClN5O2. The van der Waals surface area contributed by atoms with Gasteiger partial charge in [0.1, 0.15) is 11.1 Å². The SMILES string of the molecule is Nc1ncc(Cl)c(NC2CCC(=O)NC2=O)n1. The van der Waals surface area contributed by atoms with E-state index in [-0.39, 0.29) is 29.1 Å². The van der Waals surface area contributed by atoms with Crippen LogP contribution in [-0.4, -0.2) is 27.8 Å². The van der Waals surface area contributed by atoms with Crippen LogP contribution in [0.2, 0.25) is 5.02 Å². The predicted molar refractivity (Wildman–Crippen MR) is 61.2 cm³/mol. The number of carbonyl (C=O) groups excluding carboxylic acids is 2. The maximum Gasteiger partial charge on any atom is 0.249 e. The van der Waals surface area contributed by atoms with Gasteiger partial charge in [-0.05, 0) is 6.42 Å². The van der Waals surface area contributed by atoms with Crippen molar-refractivity contribution < 1.29 is 9.59 Å². The average molecular weight is 256 g/mol. The summed E-state index contributed by atoms with van der Waals surface area (Å²) in [7, 11) is 0. The molecule has 0 radical (unpaired) electrons. The minimum absolute atomic E-state index is 0.0594. The smallest absolute Gasteiger partial charge is 0.249 e. The summed E-state index contributed by atoms with van der Waals surface area (Å²) < 4.78 is 0. The molecule has 1 fully saturated rings. The topological polar surface area (TPSA) is 110 Å². The summed E-state index contributed by atoms with van der Waals surface area (Å²) in [4.78, 5) is 30.0. The van der Waals surface area contributed by atoms with Gasteiger partial charge in [-0.3, -0.25) is 14.9 Å². The number of piperidine rings is 1. The summed E-state index contributed by atoms with van der Waals surface area (Å²) in [6.07, 6.45) is 2.02. The molecule has 0 aliphatic carbocycles. The Hall–Kier alpha value is -1.89. The number of nitrogen functional groups attached to an aromatic ring is 1. The lowest BCUT2D eigenvalue weighted by molar-refractivity contribution is -0.133. The zero-order chi connectivity index (χ0) is 12.4. The van der Waals surface area contributed by atoms with Gasteiger partial charge in [-0.2, -0.15) is 4.98 Å². The number of hydrogen-bond donors (Lipinski definition) is 3. The molecule has 1 aliphatic heterocycles. The van der Waals surface area contributed by atoms with Crippen LogP contribution in [0.1, 0.15) is 12.8 Å². The number of amides is 2. The van der Waals surface area contributed by atoms with Crippen molar-refractivity contribution >= 4 is 35.2 Å². The van der Waals surface area contributed by atoms with Crippen molar-refractivity contribution in [1.82, 2.24) is 15.3 Å². The molecule has 1 aromatic rings. The fourth-order valence-corrected chi connectivity index (χ4v) is 1.62. The standard InChI is InChI=1S/C9H10ClN5O2/c10-4-3-12-9(11)15-7(4)13-5-1-2-6(16)14-8(5)17/h3,5H,1-2H2,(H,14,16,17)(H3,11,12,13,15). The first-order valence-corrected chi connectivity index (χ1v) is 5.32. The number of anilines is 2. The number of carbonyl (C=O) groups is 2. The van der Waals surface area contributed by atoms with Gasteiger partial charge in [-0.1, -0.05) is 11.6 Å². The Bertz CT molecular complexity index is 478. The van der Waals surface area contributed by atoms with Crippen molar-refractivity contribution in [3.63, 3.8) is 0 Å². The predicted octanol–water partition coefficient (Wildman–Crippen LogP) is -0.0707. The lowest BCUT2D eigenvalue weighted by atomic mass is 10.1.